The first kappa shape index (κ1) is 9.27. The average Bonchev–Trinajstić information content (AvgIpc) is 2.74. The standard InChI is InChI=1S/C12H12N2O2/c1-16-12(15)14-6-5-8-7-13-9-3-2-4-10(14)11(8)9/h2-4,7,13H,5-6H2,1H3. The number of hydrogen-bond acceptors (Lipinski definition) is 2. The van der Waals surface area contributed by atoms with Crippen molar-refractivity contribution in [3.05, 3.63) is 30.0 Å². The van der Waals surface area contributed by atoms with Crippen LogP contribution in [0.3, 0.4) is 0 Å². The number of amides is 1. The van der Waals surface area contributed by atoms with E-state index in [1.54, 1.807) is 4.90 Å². The van der Waals surface area contributed by atoms with Gasteiger partial charge in [-0.3, -0.25) is 4.90 Å². The second-order valence-electron chi connectivity index (χ2n) is 3.89. The molecule has 2 aromatic rings. The maximum absolute atomic E-state index is 11.6. The van der Waals surface area contributed by atoms with Crippen LogP contribution in [0.4, 0.5) is 10.5 Å². The van der Waals surface area contributed by atoms with Gasteiger partial charge >= 0.3 is 6.09 Å². The number of hydrogen-bond donors (Lipinski definition) is 1. The molecule has 0 unspecified atom stereocenters. The van der Waals surface area contributed by atoms with Crippen molar-refractivity contribution in [3.63, 3.8) is 0 Å². The molecule has 0 fully saturated rings. The van der Waals surface area contributed by atoms with Crippen LogP contribution in [0.1, 0.15) is 5.56 Å². The number of methoxy groups -OCH3 is 1. The summed E-state index contributed by atoms with van der Waals surface area (Å²) in [5.74, 6) is 0. The van der Waals surface area contributed by atoms with Gasteiger partial charge in [-0.05, 0) is 24.1 Å². The number of nitrogens with zero attached hydrogens (tertiary/aromatic N) is 1. The highest BCUT2D eigenvalue weighted by atomic mass is 16.5. The summed E-state index contributed by atoms with van der Waals surface area (Å²) < 4.78 is 4.79. The van der Waals surface area contributed by atoms with E-state index in [1.807, 2.05) is 24.4 Å². The van der Waals surface area contributed by atoms with Crippen molar-refractivity contribution >= 4 is 22.7 Å². The van der Waals surface area contributed by atoms with E-state index in [4.69, 9.17) is 4.74 Å². The third kappa shape index (κ3) is 1.13. The van der Waals surface area contributed by atoms with Crippen molar-refractivity contribution in [3.8, 4) is 0 Å². The number of aromatic amines is 1. The molecule has 4 heteroatoms. The molecule has 16 heavy (non-hydrogen) atoms. The van der Waals surface area contributed by atoms with Gasteiger partial charge in [0.25, 0.3) is 0 Å². The molecule has 0 aliphatic carbocycles. The average molecular weight is 216 g/mol. The fourth-order valence-corrected chi connectivity index (χ4v) is 2.31. The lowest BCUT2D eigenvalue weighted by Gasteiger charge is -2.26. The first-order chi connectivity index (χ1) is 7.81. The topological polar surface area (TPSA) is 45.3 Å². The molecule has 82 valence electrons. The van der Waals surface area contributed by atoms with Crippen LogP contribution < -0.4 is 4.90 Å². The molecule has 1 aliphatic rings. The van der Waals surface area contributed by atoms with Gasteiger partial charge < -0.3 is 9.72 Å². The zero-order chi connectivity index (χ0) is 11.1. The van der Waals surface area contributed by atoms with E-state index in [-0.39, 0.29) is 6.09 Å². The molecule has 4 nitrogen and oxygen atoms in total. The summed E-state index contributed by atoms with van der Waals surface area (Å²) in [5.41, 5.74) is 3.28. The van der Waals surface area contributed by atoms with E-state index >= 15 is 0 Å². The van der Waals surface area contributed by atoms with E-state index < -0.39 is 0 Å². The fraction of sp³-hybridized carbons (Fsp3) is 0.250. The largest absolute Gasteiger partial charge is 0.452 e. The Morgan fingerprint density at radius 2 is 2.38 bits per heavy atom. The van der Waals surface area contributed by atoms with Crippen molar-refractivity contribution in [1.82, 2.24) is 4.98 Å². The number of carbonyl (C=O) groups is 1. The number of carbonyl (C=O) groups excluding carboxylic acids is 1. The maximum Gasteiger partial charge on any atom is 0.414 e. The third-order valence-corrected chi connectivity index (χ3v) is 3.06. The SMILES string of the molecule is COC(=O)N1CCc2c[nH]c3cccc1c23. The molecule has 1 amide bonds. The van der Waals surface area contributed by atoms with Crippen LogP contribution in [0.25, 0.3) is 10.9 Å². The Balaban J connectivity index is 2.23. The van der Waals surface area contributed by atoms with Crippen LogP contribution in [0, 0.1) is 0 Å². The number of ether oxygens (including phenoxy) is 1. The Labute approximate surface area is 92.8 Å². The number of nitrogens with one attached hydrogen (secondary N) is 1. The van der Waals surface area contributed by atoms with E-state index in [9.17, 15) is 4.79 Å². The van der Waals surface area contributed by atoms with Gasteiger partial charge in [0.05, 0.1) is 12.8 Å². The first-order valence-corrected chi connectivity index (χ1v) is 5.25. The molecule has 1 aromatic carbocycles. The van der Waals surface area contributed by atoms with Crippen molar-refractivity contribution in [2.24, 2.45) is 0 Å². The zero-order valence-electron chi connectivity index (χ0n) is 8.99. The van der Waals surface area contributed by atoms with Crippen LogP contribution in [0.2, 0.25) is 0 Å². The maximum atomic E-state index is 11.6. The molecule has 1 N–H and O–H groups in total. The highest BCUT2D eigenvalue weighted by Crippen LogP contribution is 2.33. The van der Waals surface area contributed by atoms with E-state index in [0.717, 1.165) is 23.0 Å². The highest BCUT2D eigenvalue weighted by Gasteiger charge is 2.24. The number of anilines is 1. The van der Waals surface area contributed by atoms with Crippen LogP contribution in [0.15, 0.2) is 24.4 Å². The number of H-pyrrole nitrogens is 1. The molecule has 0 atom stereocenters. The normalized spacial score (nSPS) is 14.2. The number of rotatable bonds is 0. The summed E-state index contributed by atoms with van der Waals surface area (Å²) in [6, 6.07) is 5.91. The molecule has 0 saturated carbocycles. The minimum atomic E-state index is -0.292. The quantitative estimate of drug-likeness (QED) is 0.734. The van der Waals surface area contributed by atoms with Crippen molar-refractivity contribution in [2.75, 3.05) is 18.6 Å². The fourth-order valence-electron chi connectivity index (χ4n) is 2.31. The Bertz CT molecular complexity index is 559. The van der Waals surface area contributed by atoms with E-state index in [0.29, 0.717) is 6.54 Å². The van der Waals surface area contributed by atoms with Crippen molar-refractivity contribution in [2.45, 2.75) is 6.42 Å². The monoisotopic (exact) mass is 216 g/mol. The van der Waals surface area contributed by atoms with Gasteiger partial charge in [-0.15, -0.1) is 0 Å². The molecule has 0 bridgehead atoms. The smallest absolute Gasteiger partial charge is 0.414 e. The lowest BCUT2D eigenvalue weighted by atomic mass is 10.0. The van der Waals surface area contributed by atoms with Crippen molar-refractivity contribution < 1.29 is 9.53 Å². The predicted molar refractivity (Wildman–Crippen MR) is 61.8 cm³/mol. The zero-order valence-corrected chi connectivity index (χ0v) is 8.99. The molecule has 0 saturated heterocycles. The Morgan fingerprint density at radius 3 is 3.19 bits per heavy atom. The molecular weight excluding hydrogens is 204 g/mol. The second-order valence-corrected chi connectivity index (χ2v) is 3.89. The molecule has 3 rings (SSSR count). The van der Waals surface area contributed by atoms with Gasteiger partial charge in [-0.2, -0.15) is 0 Å². The number of aromatic nitrogens is 1. The lowest BCUT2D eigenvalue weighted by molar-refractivity contribution is 0.178. The van der Waals surface area contributed by atoms with Gasteiger partial charge in [0, 0.05) is 23.6 Å². The van der Waals surface area contributed by atoms with Gasteiger partial charge in [0.2, 0.25) is 0 Å². The molecule has 1 aliphatic heterocycles. The Morgan fingerprint density at radius 1 is 1.50 bits per heavy atom. The molecule has 0 spiro atoms. The molecule has 2 heterocycles. The van der Waals surface area contributed by atoms with E-state index in [2.05, 4.69) is 4.98 Å². The van der Waals surface area contributed by atoms with Gasteiger partial charge in [0.15, 0.2) is 0 Å². The summed E-state index contributed by atoms with van der Waals surface area (Å²) in [7, 11) is 1.41. The van der Waals surface area contributed by atoms with Crippen molar-refractivity contribution in [1.29, 1.82) is 0 Å². The van der Waals surface area contributed by atoms with Crippen LogP contribution >= 0.6 is 0 Å². The van der Waals surface area contributed by atoms with Crippen LogP contribution in [-0.4, -0.2) is 24.7 Å². The summed E-state index contributed by atoms with van der Waals surface area (Å²) in [6.07, 6.45) is 2.59. The highest BCUT2D eigenvalue weighted by molar-refractivity contribution is 6.03. The second kappa shape index (κ2) is 3.27. The Hall–Kier alpha value is -1.97. The van der Waals surface area contributed by atoms with Crippen LogP contribution in [0.5, 0.6) is 0 Å². The summed E-state index contributed by atoms with van der Waals surface area (Å²) in [4.78, 5) is 16.5. The van der Waals surface area contributed by atoms with Crippen LogP contribution in [-0.2, 0) is 11.2 Å². The molecule has 1 aromatic heterocycles. The molecular formula is C12H12N2O2. The van der Waals surface area contributed by atoms with Gasteiger partial charge in [-0.1, -0.05) is 6.07 Å². The number of benzene rings is 1. The minimum absolute atomic E-state index is 0.292. The van der Waals surface area contributed by atoms with Gasteiger partial charge in [0.1, 0.15) is 0 Å². The summed E-state index contributed by atoms with van der Waals surface area (Å²) in [5, 5.41) is 1.14. The Kier molecular flexibility index (Phi) is 1.89. The third-order valence-electron chi connectivity index (χ3n) is 3.06. The van der Waals surface area contributed by atoms with Gasteiger partial charge in [-0.25, -0.2) is 4.79 Å². The minimum Gasteiger partial charge on any atom is -0.452 e. The summed E-state index contributed by atoms with van der Waals surface area (Å²) >= 11 is 0. The van der Waals surface area contributed by atoms with E-state index in [1.165, 1.54) is 12.7 Å². The first-order valence-electron chi connectivity index (χ1n) is 5.25. The lowest BCUT2D eigenvalue weighted by Crippen LogP contribution is -2.34. The predicted octanol–water partition coefficient (Wildman–Crippen LogP) is 2.30. The molecule has 0 radical (unpaired) electrons. The summed E-state index contributed by atoms with van der Waals surface area (Å²) in [6.45, 7) is 0.677.